The largest absolute Gasteiger partial charge is 0.378 e. The van der Waals surface area contributed by atoms with Gasteiger partial charge in [-0.2, -0.15) is 15.0 Å². The van der Waals surface area contributed by atoms with Gasteiger partial charge in [0.2, 0.25) is 17.8 Å². The Morgan fingerprint density at radius 2 is 1.90 bits per heavy atom. The number of thioether (sulfide) groups is 1. The van der Waals surface area contributed by atoms with E-state index in [1.54, 1.807) is 0 Å². The highest BCUT2D eigenvalue weighted by Gasteiger charge is 2.23. The molecule has 166 valence electrons. The molecule has 0 radical (unpaired) electrons. The SMILES string of the molecule is C[C@H]1CCCC[C@@H]1NC(=O)CSc1nc(Nc2ccccc2)nc(N2CCOCC2)n1. The molecule has 1 aliphatic heterocycles. The number of hydrogen-bond acceptors (Lipinski definition) is 8. The lowest BCUT2D eigenvalue weighted by molar-refractivity contribution is -0.119. The lowest BCUT2D eigenvalue weighted by Crippen LogP contribution is -2.41. The van der Waals surface area contributed by atoms with Crippen molar-refractivity contribution in [3.8, 4) is 0 Å². The van der Waals surface area contributed by atoms with Crippen LogP contribution in [0.1, 0.15) is 32.6 Å². The smallest absolute Gasteiger partial charge is 0.233 e. The van der Waals surface area contributed by atoms with E-state index in [-0.39, 0.29) is 11.9 Å². The van der Waals surface area contributed by atoms with Gasteiger partial charge in [0.15, 0.2) is 5.16 Å². The van der Waals surface area contributed by atoms with Crippen LogP contribution in [0, 0.1) is 5.92 Å². The number of carbonyl (C=O) groups is 1. The lowest BCUT2D eigenvalue weighted by atomic mass is 9.86. The molecule has 8 nitrogen and oxygen atoms in total. The molecule has 9 heteroatoms. The van der Waals surface area contributed by atoms with Crippen LogP contribution >= 0.6 is 11.8 Å². The maximum absolute atomic E-state index is 12.5. The lowest BCUT2D eigenvalue weighted by Gasteiger charge is -2.29. The quantitative estimate of drug-likeness (QED) is 0.632. The van der Waals surface area contributed by atoms with Crippen molar-refractivity contribution in [2.75, 3.05) is 42.3 Å². The summed E-state index contributed by atoms with van der Waals surface area (Å²) in [6, 6.07) is 10.1. The van der Waals surface area contributed by atoms with Crippen molar-refractivity contribution in [1.29, 1.82) is 0 Å². The molecule has 1 aliphatic carbocycles. The molecule has 2 aromatic rings. The van der Waals surface area contributed by atoms with Gasteiger partial charge in [0.05, 0.1) is 19.0 Å². The molecule has 4 rings (SSSR count). The fraction of sp³-hybridized carbons (Fsp3) is 0.545. The number of aromatic nitrogens is 3. The summed E-state index contributed by atoms with van der Waals surface area (Å²) in [6.45, 7) is 4.99. The Kier molecular flexibility index (Phi) is 7.58. The highest BCUT2D eigenvalue weighted by atomic mass is 32.2. The first-order valence-electron chi connectivity index (χ1n) is 11.0. The molecule has 2 N–H and O–H groups in total. The second-order valence-corrected chi connectivity index (χ2v) is 9.00. The Balaban J connectivity index is 1.44. The minimum absolute atomic E-state index is 0.0367. The third-order valence-electron chi connectivity index (χ3n) is 5.72. The zero-order chi connectivity index (χ0) is 21.5. The number of hydrogen-bond donors (Lipinski definition) is 2. The molecule has 1 aromatic carbocycles. The maximum atomic E-state index is 12.5. The second-order valence-electron chi connectivity index (χ2n) is 8.06. The number of ether oxygens (including phenoxy) is 1. The molecule has 1 saturated heterocycles. The van der Waals surface area contributed by atoms with E-state index in [0.29, 0.717) is 41.9 Å². The summed E-state index contributed by atoms with van der Waals surface area (Å²) >= 11 is 1.35. The zero-order valence-corrected chi connectivity index (χ0v) is 18.7. The Morgan fingerprint density at radius 3 is 2.68 bits per heavy atom. The Labute approximate surface area is 187 Å². The van der Waals surface area contributed by atoms with Gasteiger partial charge >= 0.3 is 0 Å². The van der Waals surface area contributed by atoms with Crippen LogP contribution in [0.5, 0.6) is 0 Å². The van der Waals surface area contributed by atoms with E-state index in [1.807, 2.05) is 30.3 Å². The number of nitrogens with one attached hydrogen (secondary N) is 2. The number of carbonyl (C=O) groups excluding carboxylic acids is 1. The minimum Gasteiger partial charge on any atom is -0.378 e. The van der Waals surface area contributed by atoms with E-state index < -0.39 is 0 Å². The second kappa shape index (κ2) is 10.8. The van der Waals surface area contributed by atoms with Gasteiger partial charge in [0, 0.05) is 24.8 Å². The first-order valence-corrected chi connectivity index (χ1v) is 12.0. The van der Waals surface area contributed by atoms with Crippen LogP contribution < -0.4 is 15.5 Å². The van der Waals surface area contributed by atoms with Crippen molar-refractivity contribution in [2.24, 2.45) is 5.92 Å². The third kappa shape index (κ3) is 6.30. The maximum Gasteiger partial charge on any atom is 0.233 e. The van der Waals surface area contributed by atoms with Crippen LogP contribution in [-0.2, 0) is 9.53 Å². The standard InChI is InChI=1S/C22H30N6O2S/c1-16-7-5-6-10-18(16)24-19(29)15-31-22-26-20(23-17-8-3-2-4-9-17)25-21(27-22)28-11-13-30-14-12-28/h2-4,8-9,16,18H,5-7,10-15H2,1H3,(H,24,29)(H,23,25,26,27)/t16-,18-/m0/s1. The van der Waals surface area contributed by atoms with Gasteiger partial charge in [-0.15, -0.1) is 0 Å². The minimum atomic E-state index is 0.0367. The number of para-hydroxylation sites is 1. The van der Waals surface area contributed by atoms with Gasteiger partial charge in [0.1, 0.15) is 0 Å². The summed E-state index contributed by atoms with van der Waals surface area (Å²) in [5, 5.41) is 6.99. The topological polar surface area (TPSA) is 92.3 Å². The van der Waals surface area contributed by atoms with E-state index in [9.17, 15) is 4.79 Å². The molecule has 1 amide bonds. The molecular weight excluding hydrogens is 412 g/mol. The normalized spacial score (nSPS) is 21.5. The third-order valence-corrected chi connectivity index (χ3v) is 6.56. The predicted octanol–water partition coefficient (Wildman–Crippen LogP) is 3.24. The Morgan fingerprint density at radius 1 is 1.13 bits per heavy atom. The zero-order valence-electron chi connectivity index (χ0n) is 17.9. The molecule has 2 aliphatic rings. The summed E-state index contributed by atoms with van der Waals surface area (Å²) in [4.78, 5) is 28.4. The van der Waals surface area contributed by atoms with Gasteiger partial charge in [-0.1, -0.05) is 49.7 Å². The fourth-order valence-corrected chi connectivity index (χ4v) is 4.57. The number of benzene rings is 1. The van der Waals surface area contributed by atoms with Crippen molar-refractivity contribution < 1.29 is 9.53 Å². The number of nitrogens with zero attached hydrogens (tertiary/aromatic N) is 4. The van der Waals surface area contributed by atoms with E-state index in [4.69, 9.17) is 4.74 Å². The molecule has 31 heavy (non-hydrogen) atoms. The van der Waals surface area contributed by atoms with Crippen molar-refractivity contribution in [2.45, 2.75) is 43.8 Å². The summed E-state index contributed by atoms with van der Waals surface area (Å²) in [5.41, 5.74) is 0.904. The Hall–Kier alpha value is -2.39. The number of morpholine rings is 1. The van der Waals surface area contributed by atoms with Crippen molar-refractivity contribution in [1.82, 2.24) is 20.3 Å². The molecule has 2 fully saturated rings. The molecule has 0 spiro atoms. The fourth-order valence-electron chi connectivity index (χ4n) is 3.93. The van der Waals surface area contributed by atoms with Gasteiger partial charge in [-0.05, 0) is 30.9 Å². The Bertz CT molecular complexity index is 862. The number of anilines is 3. The van der Waals surface area contributed by atoms with E-state index in [2.05, 4.69) is 37.4 Å². The monoisotopic (exact) mass is 442 g/mol. The van der Waals surface area contributed by atoms with Crippen LogP contribution in [0.4, 0.5) is 17.6 Å². The molecule has 2 heterocycles. The number of rotatable bonds is 7. The van der Waals surface area contributed by atoms with Crippen molar-refractivity contribution >= 4 is 35.3 Å². The van der Waals surface area contributed by atoms with Gasteiger partial charge < -0.3 is 20.3 Å². The van der Waals surface area contributed by atoms with Gasteiger partial charge in [0.25, 0.3) is 0 Å². The first kappa shape index (κ1) is 21.8. The molecule has 1 aromatic heterocycles. The summed E-state index contributed by atoms with van der Waals surface area (Å²) < 4.78 is 5.45. The molecular formula is C22H30N6O2S. The van der Waals surface area contributed by atoms with Crippen LogP contribution in [0.3, 0.4) is 0 Å². The highest BCUT2D eigenvalue weighted by Crippen LogP contribution is 2.25. The summed E-state index contributed by atoms with van der Waals surface area (Å²) in [5.74, 6) is 1.96. The van der Waals surface area contributed by atoms with E-state index in [0.717, 1.165) is 25.2 Å². The number of amides is 1. The van der Waals surface area contributed by atoms with Crippen LogP contribution in [0.25, 0.3) is 0 Å². The highest BCUT2D eigenvalue weighted by molar-refractivity contribution is 7.99. The van der Waals surface area contributed by atoms with Gasteiger partial charge in [-0.3, -0.25) is 4.79 Å². The molecule has 0 unspecified atom stereocenters. The first-order chi connectivity index (χ1) is 15.2. The summed E-state index contributed by atoms with van der Waals surface area (Å²) in [7, 11) is 0. The molecule has 0 bridgehead atoms. The van der Waals surface area contributed by atoms with Gasteiger partial charge in [-0.25, -0.2) is 0 Å². The summed E-state index contributed by atoms with van der Waals surface area (Å²) in [6.07, 6.45) is 4.70. The predicted molar refractivity (Wildman–Crippen MR) is 123 cm³/mol. The van der Waals surface area contributed by atoms with Crippen LogP contribution in [0.15, 0.2) is 35.5 Å². The molecule has 2 atom stereocenters. The van der Waals surface area contributed by atoms with Crippen LogP contribution in [-0.4, -0.2) is 59.0 Å². The van der Waals surface area contributed by atoms with E-state index >= 15 is 0 Å². The van der Waals surface area contributed by atoms with Crippen molar-refractivity contribution in [3.63, 3.8) is 0 Å². The molecule has 1 saturated carbocycles. The average Bonchev–Trinajstić information content (AvgIpc) is 2.80. The van der Waals surface area contributed by atoms with Crippen molar-refractivity contribution in [3.05, 3.63) is 30.3 Å². The van der Waals surface area contributed by atoms with Crippen LogP contribution in [0.2, 0.25) is 0 Å². The van der Waals surface area contributed by atoms with E-state index in [1.165, 1.54) is 31.0 Å². The average molecular weight is 443 g/mol.